The molecule has 2 aromatic carbocycles. The molecule has 6 nitrogen and oxygen atoms in total. The number of aromatic nitrogens is 2. The molecule has 28 heavy (non-hydrogen) atoms. The predicted molar refractivity (Wildman–Crippen MR) is 112 cm³/mol. The number of para-hydroxylation sites is 1. The van der Waals surface area contributed by atoms with Crippen LogP contribution in [0.15, 0.2) is 65.4 Å². The molecule has 0 aliphatic carbocycles. The number of amides is 2. The Morgan fingerprint density at radius 3 is 2.64 bits per heavy atom. The minimum Gasteiger partial charge on any atom is -0.336 e. The molecule has 7 heteroatoms. The van der Waals surface area contributed by atoms with E-state index in [9.17, 15) is 9.59 Å². The molecule has 0 spiro atoms. The molecule has 2 amide bonds. The van der Waals surface area contributed by atoms with Gasteiger partial charge in [-0.1, -0.05) is 34.1 Å². The van der Waals surface area contributed by atoms with Crippen LogP contribution in [0, 0.1) is 6.92 Å². The van der Waals surface area contributed by atoms with Crippen LogP contribution in [-0.2, 0) is 16.0 Å². The Labute approximate surface area is 172 Å². The number of halogens is 1. The van der Waals surface area contributed by atoms with E-state index in [1.54, 1.807) is 17.9 Å². The predicted octanol–water partition coefficient (Wildman–Crippen LogP) is 3.58. The van der Waals surface area contributed by atoms with E-state index in [-0.39, 0.29) is 24.8 Å². The number of likely N-dealkylation sites (N-methyl/N-ethyl adjacent to an activating group) is 1. The van der Waals surface area contributed by atoms with Gasteiger partial charge >= 0.3 is 0 Å². The van der Waals surface area contributed by atoms with E-state index < -0.39 is 0 Å². The Morgan fingerprint density at radius 1 is 1.18 bits per heavy atom. The smallest absolute Gasteiger partial charge is 0.243 e. The highest BCUT2D eigenvalue weighted by atomic mass is 79.9. The van der Waals surface area contributed by atoms with Crippen molar-refractivity contribution in [2.75, 3.05) is 18.9 Å². The highest BCUT2D eigenvalue weighted by molar-refractivity contribution is 9.10. The van der Waals surface area contributed by atoms with Gasteiger partial charge in [-0.15, -0.1) is 0 Å². The topological polar surface area (TPSA) is 67.2 Å². The second-order valence-corrected chi connectivity index (χ2v) is 7.48. The molecule has 144 valence electrons. The third kappa shape index (κ3) is 5.07. The summed E-state index contributed by atoms with van der Waals surface area (Å²) in [6.07, 6.45) is 3.68. The van der Waals surface area contributed by atoms with Gasteiger partial charge in [-0.05, 0) is 48.4 Å². The fraction of sp³-hybridized carbons (Fsp3) is 0.190. The molecule has 0 bridgehead atoms. The normalized spacial score (nSPS) is 10.5. The molecule has 0 unspecified atom stereocenters. The van der Waals surface area contributed by atoms with Gasteiger partial charge in [0.05, 0.1) is 24.8 Å². The Bertz CT molecular complexity index is 985. The summed E-state index contributed by atoms with van der Waals surface area (Å²) in [5, 5.41) is 7.14. The second-order valence-electron chi connectivity index (χ2n) is 6.56. The average Bonchev–Trinajstić information content (AvgIpc) is 3.13. The number of aryl methyl sites for hydroxylation is 1. The molecule has 1 heterocycles. The van der Waals surface area contributed by atoms with Crippen molar-refractivity contribution in [1.82, 2.24) is 14.7 Å². The molecule has 3 aromatic rings. The number of carbonyl (C=O) groups excluding carboxylic acids is 2. The van der Waals surface area contributed by atoms with Crippen LogP contribution in [0.2, 0.25) is 0 Å². The minimum absolute atomic E-state index is 0.0127. The largest absolute Gasteiger partial charge is 0.336 e. The van der Waals surface area contributed by atoms with E-state index in [0.717, 1.165) is 27.0 Å². The molecular weight excluding hydrogens is 420 g/mol. The van der Waals surface area contributed by atoms with E-state index in [1.807, 2.05) is 61.7 Å². The third-order valence-electron chi connectivity index (χ3n) is 4.28. The fourth-order valence-electron chi connectivity index (χ4n) is 2.74. The van der Waals surface area contributed by atoms with Crippen LogP contribution in [0.3, 0.4) is 0 Å². The summed E-state index contributed by atoms with van der Waals surface area (Å²) in [6, 6.07) is 15.3. The number of anilines is 1. The van der Waals surface area contributed by atoms with E-state index in [0.29, 0.717) is 0 Å². The summed E-state index contributed by atoms with van der Waals surface area (Å²) < 4.78 is 2.68. The van der Waals surface area contributed by atoms with Gasteiger partial charge in [0.2, 0.25) is 11.8 Å². The van der Waals surface area contributed by atoms with Gasteiger partial charge in [0, 0.05) is 23.4 Å². The third-order valence-corrected chi connectivity index (χ3v) is 4.77. The summed E-state index contributed by atoms with van der Waals surface area (Å²) in [4.78, 5) is 26.2. The van der Waals surface area contributed by atoms with E-state index >= 15 is 0 Å². The first-order valence-electron chi connectivity index (χ1n) is 8.81. The molecule has 0 aliphatic rings. The van der Waals surface area contributed by atoms with Gasteiger partial charge in [-0.25, -0.2) is 4.68 Å². The van der Waals surface area contributed by atoms with Crippen molar-refractivity contribution < 1.29 is 9.59 Å². The van der Waals surface area contributed by atoms with Crippen molar-refractivity contribution in [3.8, 4) is 5.69 Å². The van der Waals surface area contributed by atoms with Crippen molar-refractivity contribution in [3.63, 3.8) is 0 Å². The number of benzene rings is 2. The number of hydrogen-bond acceptors (Lipinski definition) is 3. The molecule has 0 aliphatic heterocycles. The highest BCUT2D eigenvalue weighted by Crippen LogP contribution is 2.20. The van der Waals surface area contributed by atoms with Crippen LogP contribution in [0.4, 0.5) is 5.69 Å². The number of nitrogens with zero attached hydrogens (tertiary/aromatic N) is 3. The van der Waals surface area contributed by atoms with Crippen molar-refractivity contribution in [2.45, 2.75) is 13.3 Å². The van der Waals surface area contributed by atoms with Gasteiger partial charge < -0.3 is 10.2 Å². The molecule has 0 atom stereocenters. The number of carbonyl (C=O) groups is 2. The lowest BCUT2D eigenvalue weighted by molar-refractivity contribution is -0.132. The Hall–Kier alpha value is -2.93. The van der Waals surface area contributed by atoms with Crippen molar-refractivity contribution in [2.24, 2.45) is 0 Å². The zero-order valence-electron chi connectivity index (χ0n) is 15.7. The average molecular weight is 441 g/mol. The van der Waals surface area contributed by atoms with Crippen LogP contribution in [0.5, 0.6) is 0 Å². The lowest BCUT2D eigenvalue weighted by Crippen LogP contribution is -2.35. The van der Waals surface area contributed by atoms with Gasteiger partial charge in [0.1, 0.15) is 0 Å². The van der Waals surface area contributed by atoms with Gasteiger partial charge in [-0.3, -0.25) is 9.59 Å². The van der Waals surface area contributed by atoms with Gasteiger partial charge in [0.15, 0.2) is 0 Å². The van der Waals surface area contributed by atoms with E-state index in [1.165, 1.54) is 4.90 Å². The molecule has 0 fully saturated rings. The quantitative estimate of drug-likeness (QED) is 0.636. The first kappa shape index (κ1) is 19.8. The van der Waals surface area contributed by atoms with Gasteiger partial charge in [0.25, 0.3) is 0 Å². The highest BCUT2D eigenvalue weighted by Gasteiger charge is 2.15. The minimum atomic E-state index is -0.235. The number of nitrogens with one attached hydrogen (secondary N) is 1. The summed E-state index contributed by atoms with van der Waals surface area (Å²) in [7, 11) is 1.62. The Balaban J connectivity index is 1.56. The zero-order chi connectivity index (χ0) is 20.1. The standard InChI is InChI=1S/C21H21BrN4O2/c1-15-10-17(22)8-9-19(15)24-20(27)14-25(2)21(28)11-16-12-23-26(13-16)18-6-4-3-5-7-18/h3-10,12-13H,11,14H2,1-2H3,(H,24,27). The van der Waals surface area contributed by atoms with Crippen molar-refractivity contribution in [1.29, 1.82) is 0 Å². The Morgan fingerprint density at radius 2 is 1.93 bits per heavy atom. The lowest BCUT2D eigenvalue weighted by Gasteiger charge is -2.17. The Kier molecular flexibility index (Phi) is 6.26. The lowest BCUT2D eigenvalue weighted by atomic mass is 10.2. The van der Waals surface area contributed by atoms with Crippen molar-refractivity contribution in [3.05, 3.63) is 76.5 Å². The maximum Gasteiger partial charge on any atom is 0.243 e. The summed E-state index contributed by atoms with van der Waals surface area (Å²) in [5.74, 6) is -0.378. The number of hydrogen-bond donors (Lipinski definition) is 1. The maximum atomic E-state index is 12.5. The summed E-state index contributed by atoms with van der Waals surface area (Å²) in [6.45, 7) is 1.90. The van der Waals surface area contributed by atoms with Crippen LogP contribution in [0.1, 0.15) is 11.1 Å². The van der Waals surface area contributed by atoms with E-state index in [2.05, 4.69) is 26.3 Å². The number of rotatable bonds is 6. The molecule has 0 radical (unpaired) electrons. The fourth-order valence-corrected chi connectivity index (χ4v) is 3.22. The molecule has 0 saturated heterocycles. The first-order valence-corrected chi connectivity index (χ1v) is 9.60. The van der Waals surface area contributed by atoms with Gasteiger partial charge in [-0.2, -0.15) is 5.10 Å². The second kappa shape index (κ2) is 8.84. The van der Waals surface area contributed by atoms with Crippen LogP contribution < -0.4 is 5.32 Å². The van der Waals surface area contributed by atoms with Crippen molar-refractivity contribution >= 4 is 33.4 Å². The molecule has 1 aromatic heterocycles. The molecule has 0 saturated carbocycles. The van der Waals surface area contributed by atoms with Crippen LogP contribution in [-0.4, -0.2) is 40.1 Å². The summed E-state index contributed by atoms with van der Waals surface area (Å²) >= 11 is 3.40. The zero-order valence-corrected chi connectivity index (χ0v) is 17.3. The first-order chi connectivity index (χ1) is 13.4. The van der Waals surface area contributed by atoms with Crippen LogP contribution >= 0.6 is 15.9 Å². The molecular formula is C21H21BrN4O2. The SMILES string of the molecule is Cc1cc(Br)ccc1NC(=O)CN(C)C(=O)Cc1cnn(-c2ccccc2)c1. The summed E-state index contributed by atoms with van der Waals surface area (Å²) in [5.41, 5.74) is 3.41. The van der Waals surface area contributed by atoms with Crippen LogP contribution in [0.25, 0.3) is 5.69 Å². The molecule has 3 rings (SSSR count). The maximum absolute atomic E-state index is 12.5. The monoisotopic (exact) mass is 440 g/mol. The van der Waals surface area contributed by atoms with E-state index in [4.69, 9.17) is 0 Å². The molecule has 1 N–H and O–H groups in total.